The first-order valence-electron chi connectivity index (χ1n) is 6.48. The highest BCUT2D eigenvalue weighted by Crippen LogP contribution is 2.24. The number of hydrogen-bond acceptors (Lipinski definition) is 4. The van der Waals surface area contributed by atoms with Crippen molar-refractivity contribution >= 4 is 35.2 Å². The molecule has 0 radical (unpaired) electrons. The van der Waals surface area contributed by atoms with Gasteiger partial charge in [-0.2, -0.15) is 0 Å². The molecule has 1 aromatic carbocycles. The molecule has 1 aromatic rings. The van der Waals surface area contributed by atoms with Crippen LogP contribution in [0.2, 0.25) is 5.02 Å². The molecule has 0 saturated carbocycles. The van der Waals surface area contributed by atoms with E-state index in [0.29, 0.717) is 18.1 Å². The number of rotatable bonds is 6. The Bertz CT molecular complexity index is 514. The smallest absolute Gasteiger partial charge is 0.305 e. The molecule has 1 fully saturated rings. The first-order chi connectivity index (χ1) is 9.99. The summed E-state index contributed by atoms with van der Waals surface area (Å²) in [5.41, 5.74) is -0.774. The first kappa shape index (κ1) is 16.1. The number of thioether (sulfide) groups is 1. The van der Waals surface area contributed by atoms with Crippen molar-refractivity contribution < 1.29 is 19.4 Å². The Labute approximate surface area is 132 Å². The lowest BCUT2D eigenvalue weighted by atomic mass is 9.94. The maximum atomic E-state index is 12.0. The van der Waals surface area contributed by atoms with Gasteiger partial charge in [-0.25, -0.2) is 0 Å². The molecular formula is C14H16ClNO4S. The largest absolute Gasteiger partial charge is 0.481 e. The number of carboxylic acids is 1. The molecule has 0 aliphatic carbocycles. The molecule has 2 N–H and O–H groups in total. The van der Waals surface area contributed by atoms with E-state index in [1.807, 2.05) is 12.1 Å². The molecule has 1 aliphatic rings. The number of carboxylic acid groups (broad SMARTS) is 1. The number of ether oxygens (including phenoxy) is 1. The van der Waals surface area contributed by atoms with Crippen molar-refractivity contribution in [2.75, 3.05) is 19.0 Å². The van der Waals surface area contributed by atoms with Crippen LogP contribution in [-0.2, 0) is 14.3 Å². The van der Waals surface area contributed by atoms with Gasteiger partial charge < -0.3 is 15.2 Å². The Morgan fingerprint density at radius 3 is 2.67 bits per heavy atom. The summed E-state index contributed by atoms with van der Waals surface area (Å²) in [6, 6.07) is 7.20. The highest BCUT2D eigenvalue weighted by atomic mass is 35.5. The van der Waals surface area contributed by atoms with E-state index >= 15 is 0 Å². The van der Waals surface area contributed by atoms with Crippen LogP contribution in [0.4, 0.5) is 0 Å². The molecule has 2 rings (SSSR count). The lowest BCUT2D eigenvalue weighted by Gasteiger charge is -2.26. The van der Waals surface area contributed by atoms with E-state index in [1.165, 1.54) is 11.8 Å². The van der Waals surface area contributed by atoms with Gasteiger partial charge in [0.2, 0.25) is 5.91 Å². The number of aliphatic carboxylic acids is 1. The number of benzene rings is 1. The van der Waals surface area contributed by atoms with E-state index in [4.69, 9.17) is 21.4 Å². The van der Waals surface area contributed by atoms with Crippen molar-refractivity contribution in [1.29, 1.82) is 0 Å². The molecule has 114 valence electrons. The van der Waals surface area contributed by atoms with Gasteiger partial charge in [0.05, 0.1) is 24.3 Å². The molecule has 7 heteroatoms. The van der Waals surface area contributed by atoms with Gasteiger partial charge in [0, 0.05) is 16.5 Å². The minimum Gasteiger partial charge on any atom is -0.481 e. The number of carbonyl (C=O) groups excluding carboxylic acids is 1. The second kappa shape index (κ2) is 7.15. The monoisotopic (exact) mass is 329 g/mol. The predicted molar refractivity (Wildman–Crippen MR) is 80.7 cm³/mol. The summed E-state index contributed by atoms with van der Waals surface area (Å²) >= 11 is 7.18. The maximum absolute atomic E-state index is 12.0. The van der Waals surface area contributed by atoms with Crippen molar-refractivity contribution in [3.63, 3.8) is 0 Å². The van der Waals surface area contributed by atoms with Crippen molar-refractivity contribution in [1.82, 2.24) is 5.32 Å². The molecule has 0 spiro atoms. The Kier molecular flexibility index (Phi) is 5.50. The molecule has 21 heavy (non-hydrogen) atoms. The second-order valence-electron chi connectivity index (χ2n) is 4.94. The third-order valence-electron chi connectivity index (χ3n) is 3.18. The van der Waals surface area contributed by atoms with Gasteiger partial charge in [0.1, 0.15) is 0 Å². The summed E-state index contributed by atoms with van der Waals surface area (Å²) in [5.74, 6) is -0.906. The molecule has 1 aliphatic heterocycles. The average molecular weight is 330 g/mol. The van der Waals surface area contributed by atoms with Crippen LogP contribution in [-0.4, -0.2) is 41.5 Å². The van der Waals surface area contributed by atoms with E-state index in [2.05, 4.69) is 5.32 Å². The van der Waals surface area contributed by atoms with Gasteiger partial charge in [0.15, 0.2) is 0 Å². The van der Waals surface area contributed by atoms with Crippen molar-refractivity contribution in [2.24, 2.45) is 0 Å². The van der Waals surface area contributed by atoms with Gasteiger partial charge in [-0.15, -0.1) is 11.8 Å². The molecule has 1 amide bonds. The molecule has 1 atom stereocenters. The van der Waals surface area contributed by atoms with Crippen molar-refractivity contribution in [3.8, 4) is 0 Å². The Hall–Kier alpha value is -1.24. The summed E-state index contributed by atoms with van der Waals surface area (Å²) in [7, 11) is 0. The first-order valence-corrected chi connectivity index (χ1v) is 7.84. The number of amides is 1. The van der Waals surface area contributed by atoms with Crippen LogP contribution >= 0.6 is 23.4 Å². The SMILES string of the molecule is O=C(O)CC1(NC(=O)CSc2ccc(Cl)cc2)CCOC1. The zero-order valence-corrected chi connectivity index (χ0v) is 12.9. The standard InChI is InChI=1S/C14H16ClNO4S/c15-10-1-3-11(4-2-10)21-8-12(17)16-14(7-13(18)19)5-6-20-9-14/h1-4H,5-9H2,(H,16,17)(H,18,19). The van der Waals surface area contributed by atoms with Crippen molar-refractivity contribution in [3.05, 3.63) is 29.3 Å². The number of nitrogens with one attached hydrogen (secondary N) is 1. The fourth-order valence-electron chi connectivity index (χ4n) is 2.19. The normalized spacial score (nSPS) is 21.2. The topological polar surface area (TPSA) is 75.6 Å². The molecular weight excluding hydrogens is 314 g/mol. The number of hydrogen-bond donors (Lipinski definition) is 2. The van der Waals surface area contributed by atoms with Crippen LogP contribution in [0.15, 0.2) is 29.2 Å². The predicted octanol–water partition coefficient (Wildman–Crippen LogP) is 2.18. The summed E-state index contributed by atoms with van der Waals surface area (Å²) in [6.07, 6.45) is 0.404. The third kappa shape index (κ3) is 4.91. The fraction of sp³-hybridized carbons (Fsp3) is 0.429. The molecule has 0 aromatic heterocycles. The molecule has 1 unspecified atom stereocenters. The van der Waals surface area contributed by atoms with Crippen LogP contribution in [0.1, 0.15) is 12.8 Å². The third-order valence-corrected chi connectivity index (χ3v) is 4.45. The van der Waals surface area contributed by atoms with Crippen LogP contribution < -0.4 is 5.32 Å². The molecule has 1 heterocycles. The van der Waals surface area contributed by atoms with E-state index < -0.39 is 11.5 Å². The van der Waals surface area contributed by atoms with Gasteiger partial charge >= 0.3 is 5.97 Å². The zero-order chi connectivity index (χ0) is 15.3. The van der Waals surface area contributed by atoms with Crippen LogP contribution in [0.5, 0.6) is 0 Å². The van der Waals surface area contributed by atoms with Gasteiger partial charge in [-0.1, -0.05) is 11.6 Å². The molecule has 0 bridgehead atoms. The van der Waals surface area contributed by atoms with E-state index in [-0.39, 0.29) is 24.7 Å². The Morgan fingerprint density at radius 2 is 2.10 bits per heavy atom. The average Bonchev–Trinajstić information content (AvgIpc) is 2.85. The van der Waals surface area contributed by atoms with Crippen LogP contribution in [0.25, 0.3) is 0 Å². The zero-order valence-electron chi connectivity index (χ0n) is 11.3. The second-order valence-corrected chi connectivity index (χ2v) is 6.43. The number of carbonyl (C=O) groups is 2. The Morgan fingerprint density at radius 1 is 1.38 bits per heavy atom. The summed E-state index contributed by atoms with van der Waals surface area (Å²) in [6.45, 7) is 0.717. The summed E-state index contributed by atoms with van der Waals surface area (Å²) in [5, 5.41) is 12.4. The molecule has 5 nitrogen and oxygen atoms in total. The van der Waals surface area contributed by atoms with Gasteiger partial charge in [0.25, 0.3) is 0 Å². The summed E-state index contributed by atoms with van der Waals surface area (Å²) < 4.78 is 5.24. The van der Waals surface area contributed by atoms with E-state index in [1.54, 1.807) is 12.1 Å². The minimum absolute atomic E-state index is 0.121. The van der Waals surface area contributed by atoms with E-state index in [0.717, 1.165) is 4.90 Å². The quantitative estimate of drug-likeness (QED) is 0.782. The minimum atomic E-state index is -0.939. The van der Waals surface area contributed by atoms with Gasteiger partial charge in [-0.05, 0) is 30.7 Å². The highest BCUT2D eigenvalue weighted by molar-refractivity contribution is 8.00. The highest BCUT2D eigenvalue weighted by Gasteiger charge is 2.38. The maximum Gasteiger partial charge on any atom is 0.305 e. The lowest BCUT2D eigenvalue weighted by Crippen LogP contribution is -2.51. The summed E-state index contributed by atoms with van der Waals surface area (Å²) in [4.78, 5) is 23.9. The molecule has 1 saturated heterocycles. The van der Waals surface area contributed by atoms with E-state index in [9.17, 15) is 9.59 Å². The van der Waals surface area contributed by atoms with Gasteiger partial charge in [-0.3, -0.25) is 9.59 Å². The fourth-order valence-corrected chi connectivity index (χ4v) is 3.01. The lowest BCUT2D eigenvalue weighted by molar-refractivity contribution is -0.139. The van der Waals surface area contributed by atoms with Crippen LogP contribution in [0.3, 0.4) is 0 Å². The number of halogens is 1. The Balaban J connectivity index is 1.87. The van der Waals surface area contributed by atoms with Crippen LogP contribution in [0, 0.1) is 0 Å². The van der Waals surface area contributed by atoms with Crippen molar-refractivity contribution in [2.45, 2.75) is 23.3 Å².